The highest BCUT2D eigenvalue weighted by atomic mass is 32.2. The van der Waals surface area contributed by atoms with Crippen molar-refractivity contribution in [3.63, 3.8) is 0 Å². The maximum atomic E-state index is 12.2. The second kappa shape index (κ2) is 4.31. The fourth-order valence-electron chi connectivity index (χ4n) is 2.32. The lowest BCUT2D eigenvalue weighted by molar-refractivity contribution is 0.580. The largest absolute Gasteiger partial charge is 0.380 e. The van der Waals surface area contributed by atoms with Gasteiger partial charge < -0.3 is 11.1 Å². The van der Waals surface area contributed by atoms with Crippen LogP contribution in [0.1, 0.15) is 17.5 Å². The molecule has 0 bridgehead atoms. The van der Waals surface area contributed by atoms with E-state index in [-0.39, 0.29) is 11.8 Å². The van der Waals surface area contributed by atoms with Crippen molar-refractivity contribution < 1.29 is 8.42 Å². The van der Waals surface area contributed by atoms with Crippen molar-refractivity contribution in [2.75, 3.05) is 17.6 Å². The number of hydrogen-bond donors (Lipinski definition) is 2. The van der Waals surface area contributed by atoms with Crippen molar-refractivity contribution in [3.8, 4) is 0 Å². The van der Waals surface area contributed by atoms with E-state index in [2.05, 4.69) is 5.32 Å². The van der Waals surface area contributed by atoms with E-state index in [9.17, 15) is 8.42 Å². The van der Waals surface area contributed by atoms with Crippen LogP contribution in [0.5, 0.6) is 0 Å². The Balaban J connectivity index is 2.53. The third-order valence-electron chi connectivity index (χ3n) is 3.06. The molecule has 1 aromatic rings. The minimum atomic E-state index is -3.18. The zero-order chi connectivity index (χ0) is 12.6. The Morgan fingerprint density at radius 1 is 1.41 bits per heavy atom. The van der Waals surface area contributed by atoms with Crippen LogP contribution in [0.15, 0.2) is 17.0 Å². The second-order valence-corrected chi connectivity index (χ2v) is 6.66. The average molecular weight is 254 g/mol. The lowest BCUT2D eigenvalue weighted by Crippen LogP contribution is -2.36. The maximum absolute atomic E-state index is 12.2. The molecule has 17 heavy (non-hydrogen) atoms. The number of benzene rings is 1. The third kappa shape index (κ3) is 2.30. The van der Waals surface area contributed by atoms with Crippen LogP contribution in [0.3, 0.4) is 0 Å². The number of fused-ring (bicyclic) bond motifs is 1. The SMILES string of the molecule is Cc1cc(C)c2c(c1)S(=O)(=O)CC(CCN)N2. The van der Waals surface area contributed by atoms with E-state index in [1.165, 1.54) is 0 Å². The molecule has 0 saturated carbocycles. The minimum absolute atomic E-state index is 0.0705. The van der Waals surface area contributed by atoms with Crippen LogP contribution in [-0.4, -0.2) is 26.8 Å². The van der Waals surface area contributed by atoms with Gasteiger partial charge in [-0.2, -0.15) is 0 Å². The number of sulfone groups is 1. The molecule has 0 amide bonds. The summed E-state index contributed by atoms with van der Waals surface area (Å²) in [6.07, 6.45) is 0.673. The van der Waals surface area contributed by atoms with E-state index in [0.717, 1.165) is 16.8 Å². The smallest absolute Gasteiger partial charge is 0.182 e. The fraction of sp³-hybridized carbons (Fsp3) is 0.500. The molecule has 3 N–H and O–H groups in total. The summed E-state index contributed by atoms with van der Waals surface area (Å²) in [5, 5.41) is 3.29. The van der Waals surface area contributed by atoms with Gasteiger partial charge in [0, 0.05) is 6.04 Å². The summed E-state index contributed by atoms with van der Waals surface area (Å²) >= 11 is 0. The highest BCUT2D eigenvalue weighted by molar-refractivity contribution is 7.91. The van der Waals surface area contributed by atoms with E-state index in [0.29, 0.717) is 17.9 Å². The van der Waals surface area contributed by atoms with Gasteiger partial charge in [-0.15, -0.1) is 0 Å². The summed E-state index contributed by atoms with van der Waals surface area (Å²) in [5.41, 5.74) is 8.20. The quantitative estimate of drug-likeness (QED) is 0.832. The highest BCUT2D eigenvalue weighted by Gasteiger charge is 2.30. The summed E-state index contributed by atoms with van der Waals surface area (Å²) in [6, 6.07) is 3.66. The molecule has 0 radical (unpaired) electrons. The molecule has 0 fully saturated rings. The van der Waals surface area contributed by atoms with E-state index in [1.807, 2.05) is 19.9 Å². The summed E-state index contributed by atoms with van der Waals surface area (Å²) in [6.45, 7) is 4.33. The number of hydrogen-bond acceptors (Lipinski definition) is 4. The molecule has 94 valence electrons. The van der Waals surface area contributed by atoms with Crippen LogP contribution >= 0.6 is 0 Å². The third-order valence-corrected chi connectivity index (χ3v) is 4.90. The van der Waals surface area contributed by atoms with E-state index in [1.54, 1.807) is 6.07 Å². The molecule has 1 atom stereocenters. The zero-order valence-electron chi connectivity index (χ0n) is 10.2. The van der Waals surface area contributed by atoms with Gasteiger partial charge in [0.2, 0.25) is 0 Å². The highest BCUT2D eigenvalue weighted by Crippen LogP contribution is 2.33. The number of nitrogens with one attached hydrogen (secondary N) is 1. The van der Waals surface area contributed by atoms with E-state index in [4.69, 9.17) is 5.73 Å². The molecular weight excluding hydrogens is 236 g/mol. The second-order valence-electron chi connectivity index (χ2n) is 4.65. The first kappa shape index (κ1) is 12.4. The molecule has 0 saturated heterocycles. The standard InChI is InChI=1S/C12H18N2O2S/c1-8-5-9(2)12-11(6-8)17(15,16)7-10(14-12)3-4-13/h5-6,10,14H,3-4,7,13H2,1-2H3. The van der Waals surface area contributed by atoms with Gasteiger partial charge in [0.1, 0.15) is 0 Å². The van der Waals surface area contributed by atoms with Gasteiger partial charge in [0.05, 0.1) is 16.3 Å². The Kier molecular flexibility index (Phi) is 3.14. The minimum Gasteiger partial charge on any atom is -0.380 e. The van der Waals surface area contributed by atoms with Crippen LogP contribution in [0.2, 0.25) is 0 Å². The Labute approximate surface area is 102 Å². The molecule has 4 nitrogen and oxygen atoms in total. The number of anilines is 1. The molecule has 0 spiro atoms. The van der Waals surface area contributed by atoms with Gasteiger partial charge in [-0.3, -0.25) is 0 Å². The van der Waals surface area contributed by atoms with Gasteiger partial charge in [-0.1, -0.05) is 6.07 Å². The normalized spacial score (nSPS) is 21.7. The van der Waals surface area contributed by atoms with Crippen LogP contribution in [0.4, 0.5) is 5.69 Å². The van der Waals surface area contributed by atoms with Crippen molar-refractivity contribution >= 4 is 15.5 Å². The average Bonchev–Trinajstić information content (AvgIpc) is 2.20. The molecule has 2 rings (SSSR count). The summed E-state index contributed by atoms with van der Waals surface area (Å²) in [4.78, 5) is 0.434. The number of nitrogens with two attached hydrogens (primary N) is 1. The zero-order valence-corrected chi connectivity index (χ0v) is 11.0. The number of aryl methyl sites for hydroxylation is 2. The molecule has 1 aliphatic rings. The summed E-state index contributed by atoms with van der Waals surface area (Å²) in [7, 11) is -3.18. The van der Waals surface area contributed by atoms with Crippen LogP contribution in [0.25, 0.3) is 0 Å². The predicted octanol–water partition coefficient (Wildman–Crippen LogP) is 1.22. The molecule has 1 aromatic carbocycles. The Morgan fingerprint density at radius 3 is 2.76 bits per heavy atom. The monoisotopic (exact) mass is 254 g/mol. The summed E-state index contributed by atoms with van der Waals surface area (Å²) in [5.74, 6) is 0.139. The summed E-state index contributed by atoms with van der Waals surface area (Å²) < 4.78 is 24.4. The van der Waals surface area contributed by atoms with Crippen molar-refractivity contribution in [1.29, 1.82) is 0 Å². The first-order valence-electron chi connectivity index (χ1n) is 5.74. The van der Waals surface area contributed by atoms with Gasteiger partial charge in [-0.05, 0) is 44.0 Å². The first-order valence-corrected chi connectivity index (χ1v) is 7.40. The van der Waals surface area contributed by atoms with Gasteiger partial charge >= 0.3 is 0 Å². The van der Waals surface area contributed by atoms with Crippen molar-refractivity contribution in [2.45, 2.75) is 31.2 Å². The van der Waals surface area contributed by atoms with Crippen molar-refractivity contribution in [2.24, 2.45) is 5.73 Å². The van der Waals surface area contributed by atoms with Crippen molar-refractivity contribution in [3.05, 3.63) is 23.3 Å². The van der Waals surface area contributed by atoms with Gasteiger partial charge in [-0.25, -0.2) is 8.42 Å². The topological polar surface area (TPSA) is 72.2 Å². The number of rotatable bonds is 2. The van der Waals surface area contributed by atoms with Crippen LogP contribution < -0.4 is 11.1 Å². The van der Waals surface area contributed by atoms with Crippen molar-refractivity contribution in [1.82, 2.24) is 0 Å². The lowest BCUT2D eigenvalue weighted by atomic mass is 10.1. The molecule has 1 heterocycles. The molecular formula is C12H18N2O2S. The van der Waals surface area contributed by atoms with E-state index < -0.39 is 9.84 Å². The van der Waals surface area contributed by atoms with Crippen LogP contribution in [0, 0.1) is 13.8 Å². The molecule has 0 aliphatic carbocycles. The molecule has 5 heteroatoms. The van der Waals surface area contributed by atoms with E-state index >= 15 is 0 Å². The molecule has 1 unspecified atom stereocenters. The fourth-order valence-corrected chi connectivity index (χ4v) is 4.17. The molecule has 0 aromatic heterocycles. The lowest BCUT2D eigenvalue weighted by Gasteiger charge is -2.28. The predicted molar refractivity (Wildman–Crippen MR) is 69.1 cm³/mol. The molecule has 1 aliphatic heterocycles. The maximum Gasteiger partial charge on any atom is 0.182 e. The van der Waals surface area contributed by atoms with Crippen LogP contribution in [-0.2, 0) is 9.84 Å². The van der Waals surface area contributed by atoms with Gasteiger partial charge in [0.15, 0.2) is 9.84 Å². The van der Waals surface area contributed by atoms with Gasteiger partial charge in [0.25, 0.3) is 0 Å². The first-order chi connectivity index (χ1) is 7.94. The Morgan fingerprint density at radius 2 is 2.12 bits per heavy atom. The Bertz CT molecular complexity index is 538. The Hall–Kier alpha value is -1.07.